The highest BCUT2D eigenvalue weighted by molar-refractivity contribution is 5.66. The van der Waals surface area contributed by atoms with Gasteiger partial charge in [-0.15, -0.1) is 0 Å². The molecular weight excluding hydrogens is 700 g/mol. The molecule has 0 amide bonds. The lowest BCUT2D eigenvalue weighted by Crippen LogP contribution is -2.65. The minimum absolute atomic E-state index is 0.115. The summed E-state index contributed by atoms with van der Waals surface area (Å²) in [6, 6.07) is 0. The molecule has 0 radical (unpaired) electrons. The Hall–Kier alpha value is -1.23. The number of fused-ring (bicyclic) bond motifs is 7. The number of aliphatic hydroxyl groups is 5. The van der Waals surface area contributed by atoms with Crippen molar-refractivity contribution in [2.75, 3.05) is 6.61 Å². The second-order valence-corrected chi connectivity index (χ2v) is 18.9. The number of carbonyl (C=O) groups excluding carboxylic acids is 1. The van der Waals surface area contributed by atoms with Crippen molar-refractivity contribution in [2.45, 2.75) is 185 Å². The molecule has 0 aromatic carbocycles. The molecule has 3 saturated carbocycles. The number of allylic oxidation sites excluding steroid dienone is 1. The number of rotatable bonds is 5. The Morgan fingerprint density at radius 2 is 1.56 bits per heavy atom. The summed E-state index contributed by atoms with van der Waals surface area (Å²) in [7, 11) is 0. The maximum Gasteiger partial charge on any atom is 0.303 e. The molecule has 4 aliphatic carbocycles. The van der Waals surface area contributed by atoms with Crippen LogP contribution in [0.4, 0.5) is 0 Å². The molecule has 5 N–H and O–H groups in total. The van der Waals surface area contributed by atoms with Crippen molar-refractivity contribution in [2.24, 2.45) is 46.3 Å². The van der Waals surface area contributed by atoms with E-state index < -0.39 is 90.8 Å². The van der Waals surface area contributed by atoms with Crippen LogP contribution in [-0.4, -0.2) is 124 Å². The second-order valence-electron chi connectivity index (χ2n) is 18.9. The van der Waals surface area contributed by atoms with Crippen LogP contribution in [-0.2, 0) is 38.0 Å². The van der Waals surface area contributed by atoms with Gasteiger partial charge in [0.15, 0.2) is 24.5 Å². The fraction of sp³-hybridized carbons (Fsp3) is 0.927. The fourth-order valence-corrected chi connectivity index (χ4v) is 12.9. The third-order valence-corrected chi connectivity index (χ3v) is 15.9. The average molecular weight is 765 g/mol. The zero-order chi connectivity index (χ0) is 38.6. The van der Waals surface area contributed by atoms with Crippen LogP contribution in [0.25, 0.3) is 0 Å². The topological polar surface area (TPSA) is 183 Å². The van der Waals surface area contributed by atoms with Crippen LogP contribution in [0.1, 0.15) is 99.8 Å². The van der Waals surface area contributed by atoms with Gasteiger partial charge in [-0.3, -0.25) is 4.79 Å². The van der Waals surface area contributed by atoms with E-state index in [1.54, 1.807) is 13.8 Å². The maximum absolute atomic E-state index is 11.8. The van der Waals surface area contributed by atoms with Gasteiger partial charge in [-0.1, -0.05) is 39.3 Å². The predicted molar refractivity (Wildman–Crippen MR) is 191 cm³/mol. The highest BCUT2D eigenvalue weighted by atomic mass is 16.8. The minimum Gasteiger partial charge on any atom is -0.457 e. The summed E-state index contributed by atoms with van der Waals surface area (Å²) in [5.41, 5.74) is 0.849. The zero-order valence-corrected chi connectivity index (χ0v) is 32.9. The smallest absolute Gasteiger partial charge is 0.303 e. The highest BCUT2D eigenvalue weighted by Crippen LogP contribution is 2.71. The summed E-state index contributed by atoms with van der Waals surface area (Å²) in [6.45, 7) is 14.5. The lowest BCUT2D eigenvalue weighted by molar-refractivity contribution is -0.371. The first-order chi connectivity index (χ1) is 25.5. The molecule has 0 bridgehead atoms. The molecule has 8 aliphatic rings. The van der Waals surface area contributed by atoms with E-state index in [1.807, 2.05) is 0 Å². The molecule has 0 aromatic heterocycles. The quantitative estimate of drug-likeness (QED) is 0.204. The maximum atomic E-state index is 11.8. The third kappa shape index (κ3) is 6.17. The lowest BCUT2D eigenvalue weighted by atomic mass is 9.46. The van der Waals surface area contributed by atoms with Crippen LogP contribution in [0.15, 0.2) is 11.6 Å². The van der Waals surface area contributed by atoms with E-state index in [0.717, 1.165) is 45.1 Å². The first-order valence-corrected chi connectivity index (χ1v) is 20.7. The van der Waals surface area contributed by atoms with Gasteiger partial charge in [0, 0.05) is 31.1 Å². The van der Waals surface area contributed by atoms with Gasteiger partial charge in [0.05, 0.1) is 37.1 Å². The normalized spacial score (nSPS) is 57.0. The Labute approximate surface area is 319 Å². The van der Waals surface area contributed by atoms with E-state index in [1.165, 1.54) is 12.5 Å². The molecule has 8 rings (SSSR count). The Morgan fingerprint density at radius 1 is 0.833 bits per heavy atom. The van der Waals surface area contributed by atoms with Crippen molar-refractivity contribution in [3.05, 3.63) is 11.6 Å². The van der Waals surface area contributed by atoms with Crippen molar-refractivity contribution in [3.8, 4) is 0 Å². The van der Waals surface area contributed by atoms with Crippen LogP contribution in [0.5, 0.6) is 0 Å². The number of hydrogen-bond donors (Lipinski definition) is 5. The summed E-state index contributed by atoms with van der Waals surface area (Å²) in [5.74, 6) is 1.27. The average Bonchev–Trinajstić information content (AvgIpc) is 3.56. The summed E-state index contributed by atoms with van der Waals surface area (Å²) >= 11 is 0. The standard InChI is InChI=1S/C41H64O13/c1-18-10-13-41(48-17-18)19(2)30-28(54-41)16-27-25-9-8-23-14-24(43)15-29(40(23,7)26(25)11-12-39(27,30)6)52-38-36(33(46)31(44)20(3)50-38)53-37-34(47)35(51-22(5)42)32(45)21(4)49-37/h8,18-21,24-38,43-47H,9-17H2,1-7H3/t18-,19+,20-,21+,24-,25-,26-,27+,28+,29-,30-,31+,32+,33+,34-,35-,36-,37+,38-,39-,40-,41-/m1/s1. The van der Waals surface area contributed by atoms with Crippen molar-refractivity contribution in [3.63, 3.8) is 0 Å². The van der Waals surface area contributed by atoms with E-state index in [-0.39, 0.29) is 17.4 Å². The van der Waals surface area contributed by atoms with Crippen molar-refractivity contribution in [1.82, 2.24) is 0 Å². The molecule has 306 valence electrons. The third-order valence-electron chi connectivity index (χ3n) is 15.9. The predicted octanol–water partition coefficient (Wildman–Crippen LogP) is 2.96. The van der Waals surface area contributed by atoms with E-state index in [9.17, 15) is 30.3 Å². The Kier molecular flexibility index (Phi) is 10.4. The van der Waals surface area contributed by atoms with E-state index in [4.69, 9.17) is 33.2 Å². The summed E-state index contributed by atoms with van der Waals surface area (Å²) in [4.78, 5) is 11.8. The largest absolute Gasteiger partial charge is 0.457 e. The minimum atomic E-state index is -1.61. The van der Waals surface area contributed by atoms with Gasteiger partial charge in [0.2, 0.25) is 0 Å². The van der Waals surface area contributed by atoms with Gasteiger partial charge in [0.25, 0.3) is 0 Å². The molecule has 7 fully saturated rings. The lowest BCUT2D eigenvalue weighted by Gasteiger charge is -2.60. The van der Waals surface area contributed by atoms with Gasteiger partial charge in [0.1, 0.15) is 30.5 Å². The number of hydrogen-bond acceptors (Lipinski definition) is 13. The SMILES string of the molecule is CC(=O)O[C@@H]1[C@@H](O)[C@H](C)O[C@@H](O[C@H]2[C@@H](O[C@@H]3C[C@H](O)CC4=CC[C@@H]5[C@@H](CC[C@@]6(C)[C@H]7[C@H](C[C@@H]56)O[C@]5(CC[C@@H](C)CO5)[C@H]7C)[C@@]43C)O[C@H](C)[C@H](O)[C@@H]2O)[C@@H]1O. The second kappa shape index (κ2) is 14.2. The number of carbonyl (C=O) groups is 1. The van der Waals surface area contributed by atoms with Crippen LogP contribution in [0.2, 0.25) is 0 Å². The Bertz CT molecular complexity index is 1430. The van der Waals surface area contributed by atoms with Crippen LogP contribution < -0.4 is 0 Å². The molecule has 0 aromatic rings. The number of aliphatic hydroxyl groups excluding tert-OH is 5. The molecule has 54 heavy (non-hydrogen) atoms. The monoisotopic (exact) mass is 764 g/mol. The van der Waals surface area contributed by atoms with Crippen LogP contribution in [0.3, 0.4) is 0 Å². The van der Waals surface area contributed by atoms with Gasteiger partial charge < -0.3 is 58.7 Å². The van der Waals surface area contributed by atoms with Gasteiger partial charge in [-0.05, 0) is 87.4 Å². The number of ether oxygens (including phenoxy) is 7. The van der Waals surface area contributed by atoms with Gasteiger partial charge in [-0.25, -0.2) is 0 Å². The first kappa shape index (κ1) is 39.6. The van der Waals surface area contributed by atoms with Crippen molar-refractivity contribution < 1.29 is 63.5 Å². The molecule has 4 aliphatic heterocycles. The molecule has 13 nitrogen and oxygen atoms in total. The highest BCUT2D eigenvalue weighted by Gasteiger charge is 2.69. The van der Waals surface area contributed by atoms with E-state index >= 15 is 0 Å². The summed E-state index contributed by atoms with van der Waals surface area (Å²) < 4.78 is 43.9. The Morgan fingerprint density at radius 3 is 2.26 bits per heavy atom. The molecule has 4 heterocycles. The van der Waals surface area contributed by atoms with Crippen LogP contribution in [0, 0.1) is 46.3 Å². The van der Waals surface area contributed by atoms with Crippen molar-refractivity contribution in [1.29, 1.82) is 0 Å². The van der Waals surface area contributed by atoms with Crippen molar-refractivity contribution >= 4 is 5.97 Å². The van der Waals surface area contributed by atoms with Crippen LogP contribution >= 0.6 is 0 Å². The van der Waals surface area contributed by atoms with Gasteiger partial charge >= 0.3 is 5.97 Å². The Balaban J connectivity index is 1.05. The van der Waals surface area contributed by atoms with E-state index in [0.29, 0.717) is 42.4 Å². The van der Waals surface area contributed by atoms with E-state index in [2.05, 4.69) is 33.8 Å². The molecule has 1 spiro atoms. The number of esters is 1. The molecule has 22 atom stereocenters. The van der Waals surface area contributed by atoms with Gasteiger partial charge in [-0.2, -0.15) is 0 Å². The summed E-state index contributed by atoms with van der Waals surface area (Å²) in [5, 5.41) is 55.4. The fourth-order valence-electron chi connectivity index (χ4n) is 12.9. The molecular formula is C41H64O13. The first-order valence-electron chi connectivity index (χ1n) is 20.7. The molecule has 0 unspecified atom stereocenters. The molecule has 4 saturated heterocycles. The summed E-state index contributed by atoms with van der Waals surface area (Å²) in [6.07, 6.45) is -4.40. The zero-order valence-electron chi connectivity index (χ0n) is 32.9. The molecule has 13 heteroatoms.